The lowest BCUT2D eigenvalue weighted by Crippen LogP contribution is -2.39. The van der Waals surface area contributed by atoms with Gasteiger partial charge < -0.3 is 14.3 Å². The number of benzene rings is 1. The molecule has 3 aromatic rings. The van der Waals surface area contributed by atoms with Crippen molar-refractivity contribution in [3.8, 4) is 0 Å². The van der Waals surface area contributed by atoms with Crippen LogP contribution in [0.4, 0.5) is 0 Å². The number of hydrogen-bond donors (Lipinski definition) is 1. The van der Waals surface area contributed by atoms with Gasteiger partial charge in [0, 0.05) is 31.1 Å². The van der Waals surface area contributed by atoms with E-state index in [0.717, 1.165) is 29.7 Å². The van der Waals surface area contributed by atoms with E-state index in [1.54, 1.807) is 11.8 Å². The Balaban J connectivity index is 1.58. The first-order valence-electron chi connectivity index (χ1n) is 8.46. The van der Waals surface area contributed by atoms with Gasteiger partial charge in [-0.25, -0.2) is 4.98 Å². The molecule has 1 amide bonds. The highest BCUT2D eigenvalue weighted by molar-refractivity contribution is 5.91. The van der Waals surface area contributed by atoms with Crippen molar-refractivity contribution in [1.29, 1.82) is 0 Å². The summed E-state index contributed by atoms with van der Waals surface area (Å²) >= 11 is 0. The second-order valence-electron chi connectivity index (χ2n) is 6.50. The normalized spacial score (nSPS) is 17.8. The minimum Gasteiger partial charge on any atom is -0.456 e. The van der Waals surface area contributed by atoms with Crippen LogP contribution in [0, 0.1) is 6.92 Å². The molecule has 1 N–H and O–H groups in total. The number of aromatic nitrogens is 2. The molecule has 0 saturated carbocycles. The summed E-state index contributed by atoms with van der Waals surface area (Å²) in [5.74, 6) is 1.38. The van der Waals surface area contributed by atoms with Crippen molar-refractivity contribution in [3.05, 3.63) is 64.0 Å². The lowest BCUT2D eigenvalue weighted by Gasteiger charge is -2.31. The molecule has 1 atom stereocenters. The Morgan fingerprint density at radius 1 is 1.32 bits per heavy atom. The van der Waals surface area contributed by atoms with E-state index in [9.17, 15) is 9.59 Å². The van der Waals surface area contributed by atoms with Gasteiger partial charge in [-0.1, -0.05) is 12.1 Å². The Morgan fingerprint density at radius 2 is 2.16 bits per heavy atom. The standard InChI is InChI=1S/C19H19N3O3/c1-12-9-14(23)10-17(25-12)19(24)22-8-4-5-13(11-22)18-20-15-6-2-3-7-16(15)21-18/h2-3,6-7,9-10,13H,4-5,8,11H2,1H3,(H,20,21)/t13-/m0/s1. The minimum absolute atomic E-state index is 0.107. The molecule has 1 aliphatic heterocycles. The van der Waals surface area contributed by atoms with Crippen molar-refractivity contribution in [2.75, 3.05) is 13.1 Å². The molecule has 128 valence electrons. The molecule has 1 aliphatic rings. The fourth-order valence-electron chi connectivity index (χ4n) is 3.42. The van der Waals surface area contributed by atoms with Crippen LogP contribution < -0.4 is 5.43 Å². The number of imidazole rings is 1. The molecule has 4 rings (SSSR count). The lowest BCUT2D eigenvalue weighted by atomic mass is 9.97. The number of piperidine rings is 1. The molecule has 3 heterocycles. The maximum absolute atomic E-state index is 12.7. The largest absolute Gasteiger partial charge is 0.456 e. The van der Waals surface area contributed by atoms with E-state index in [4.69, 9.17) is 4.42 Å². The summed E-state index contributed by atoms with van der Waals surface area (Å²) in [5, 5.41) is 0. The predicted octanol–water partition coefficient (Wildman–Crippen LogP) is 2.84. The minimum atomic E-state index is -0.235. The first kappa shape index (κ1) is 15.6. The van der Waals surface area contributed by atoms with Crippen molar-refractivity contribution in [2.45, 2.75) is 25.7 Å². The van der Waals surface area contributed by atoms with Crippen LogP contribution in [-0.4, -0.2) is 33.9 Å². The van der Waals surface area contributed by atoms with Gasteiger partial charge in [0.15, 0.2) is 11.2 Å². The molecule has 0 spiro atoms. The number of amides is 1. The van der Waals surface area contributed by atoms with E-state index in [2.05, 4.69) is 9.97 Å². The van der Waals surface area contributed by atoms with Crippen molar-refractivity contribution < 1.29 is 9.21 Å². The summed E-state index contributed by atoms with van der Waals surface area (Å²) in [6.45, 7) is 2.90. The van der Waals surface area contributed by atoms with Crippen LogP contribution in [0.15, 0.2) is 45.6 Å². The molecular formula is C19H19N3O3. The first-order valence-corrected chi connectivity index (χ1v) is 8.46. The molecule has 0 bridgehead atoms. The fraction of sp³-hybridized carbons (Fsp3) is 0.316. The van der Waals surface area contributed by atoms with Crippen molar-refractivity contribution in [3.63, 3.8) is 0 Å². The quantitative estimate of drug-likeness (QED) is 0.780. The molecule has 6 heteroatoms. The zero-order valence-corrected chi connectivity index (χ0v) is 14.0. The SMILES string of the molecule is Cc1cc(=O)cc(C(=O)N2CCC[C@H](c3nc4ccccc4[nH]3)C2)o1. The zero-order chi connectivity index (χ0) is 17.4. The molecule has 1 saturated heterocycles. The predicted molar refractivity (Wildman–Crippen MR) is 93.7 cm³/mol. The Bertz CT molecular complexity index is 956. The number of carbonyl (C=O) groups is 1. The number of carbonyl (C=O) groups excluding carboxylic acids is 1. The Kier molecular flexibility index (Phi) is 3.87. The molecule has 25 heavy (non-hydrogen) atoms. The summed E-state index contributed by atoms with van der Waals surface area (Å²) < 4.78 is 5.45. The number of fused-ring (bicyclic) bond motifs is 1. The van der Waals surface area contributed by atoms with Crippen molar-refractivity contribution in [1.82, 2.24) is 14.9 Å². The van der Waals surface area contributed by atoms with E-state index < -0.39 is 0 Å². The van der Waals surface area contributed by atoms with Gasteiger partial charge >= 0.3 is 0 Å². The van der Waals surface area contributed by atoms with Gasteiger partial charge in [-0.2, -0.15) is 0 Å². The van der Waals surface area contributed by atoms with E-state index >= 15 is 0 Å². The van der Waals surface area contributed by atoms with Gasteiger partial charge in [-0.15, -0.1) is 0 Å². The maximum atomic E-state index is 12.7. The second kappa shape index (κ2) is 6.20. The maximum Gasteiger partial charge on any atom is 0.289 e. The first-order chi connectivity index (χ1) is 12.1. The number of nitrogens with one attached hydrogen (secondary N) is 1. The highest BCUT2D eigenvalue weighted by atomic mass is 16.3. The smallest absolute Gasteiger partial charge is 0.289 e. The van der Waals surface area contributed by atoms with Crippen LogP contribution in [0.2, 0.25) is 0 Å². The van der Waals surface area contributed by atoms with Crippen molar-refractivity contribution in [2.24, 2.45) is 0 Å². The highest BCUT2D eigenvalue weighted by Crippen LogP contribution is 2.27. The van der Waals surface area contributed by atoms with E-state index in [1.807, 2.05) is 24.3 Å². The molecular weight excluding hydrogens is 318 g/mol. The van der Waals surface area contributed by atoms with Crippen LogP contribution in [0.3, 0.4) is 0 Å². The highest BCUT2D eigenvalue weighted by Gasteiger charge is 2.28. The van der Waals surface area contributed by atoms with Crippen LogP contribution >= 0.6 is 0 Å². The number of H-pyrrole nitrogens is 1. The number of hydrogen-bond acceptors (Lipinski definition) is 4. The van der Waals surface area contributed by atoms with Gasteiger partial charge in [0.2, 0.25) is 0 Å². The van der Waals surface area contributed by atoms with E-state index in [1.165, 1.54) is 12.1 Å². The molecule has 0 radical (unpaired) electrons. The Hall–Kier alpha value is -2.89. The molecule has 0 unspecified atom stereocenters. The van der Waals surface area contributed by atoms with E-state index in [0.29, 0.717) is 18.8 Å². The summed E-state index contributed by atoms with van der Waals surface area (Å²) in [5.41, 5.74) is 1.73. The summed E-state index contributed by atoms with van der Waals surface area (Å²) in [6, 6.07) is 10.6. The average Bonchev–Trinajstić information content (AvgIpc) is 3.04. The van der Waals surface area contributed by atoms with Gasteiger partial charge in [0.1, 0.15) is 11.6 Å². The Labute approximate surface area is 144 Å². The topological polar surface area (TPSA) is 79.2 Å². The van der Waals surface area contributed by atoms with Crippen molar-refractivity contribution >= 4 is 16.9 Å². The van der Waals surface area contributed by atoms with Crippen LogP contribution in [0.5, 0.6) is 0 Å². The molecule has 1 aromatic carbocycles. The fourth-order valence-corrected chi connectivity index (χ4v) is 3.42. The number of nitrogens with zero attached hydrogens (tertiary/aromatic N) is 2. The third-order valence-electron chi connectivity index (χ3n) is 4.60. The lowest BCUT2D eigenvalue weighted by molar-refractivity contribution is 0.0668. The van der Waals surface area contributed by atoms with Gasteiger partial charge in [-0.05, 0) is 31.9 Å². The molecule has 2 aromatic heterocycles. The average molecular weight is 337 g/mol. The number of para-hydroxylation sites is 2. The molecule has 0 aliphatic carbocycles. The second-order valence-corrected chi connectivity index (χ2v) is 6.50. The van der Waals surface area contributed by atoms with E-state index in [-0.39, 0.29) is 23.0 Å². The van der Waals surface area contributed by atoms with Crippen LogP contribution in [-0.2, 0) is 0 Å². The molecule has 1 fully saturated rings. The van der Waals surface area contributed by atoms with Gasteiger partial charge in [-0.3, -0.25) is 9.59 Å². The number of rotatable bonds is 2. The Morgan fingerprint density at radius 3 is 2.96 bits per heavy atom. The zero-order valence-electron chi connectivity index (χ0n) is 14.0. The summed E-state index contributed by atoms with van der Waals surface area (Å²) in [6.07, 6.45) is 1.87. The third kappa shape index (κ3) is 3.07. The third-order valence-corrected chi connectivity index (χ3v) is 4.60. The summed E-state index contributed by atoms with van der Waals surface area (Å²) in [4.78, 5) is 34.1. The molecule has 6 nitrogen and oxygen atoms in total. The number of aryl methyl sites for hydroxylation is 1. The van der Waals surface area contributed by atoms with Gasteiger partial charge in [0.05, 0.1) is 11.0 Å². The number of aromatic amines is 1. The summed E-state index contributed by atoms with van der Waals surface area (Å²) in [7, 11) is 0. The van der Waals surface area contributed by atoms with Crippen LogP contribution in [0.1, 0.15) is 40.9 Å². The van der Waals surface area contributed by atoms with Crippen LogP contribution in [0.25, 0.3) is 11.0 Å². The monoisotopic (exact) mass is 337 g/mol. The van der Waals surface area contributed by atoms with Gasteiger partial charge in [0.25, 0.3) is 5.91 Å². The number of likely N-dealkylation sites (tertiary alicyclic amines) is 1.